The molecule has 3 rings (SSSR count). The van der Waals surface area contributed by atoms with E-state index in [2.05, 4.69) is 37.0 Å². The number of benzene rings is 2. The third-order valence-electron chi connectivity index (χ3n) is 3.93. The minimum absolute atomic E-state index is 0.488. The van der Waals surface area contributed by atoms with Gasteiger partial charge in [0, 0.05) is 11.1 Å². The van der Waals surface area contributed by atoms with E-state index in [0.29, 0.717) is 13.2 Å². The number of pyridine rings is 1. The van der Waals surface area contributed by atoms with E-state index < -0.39 is 11.9 Å². The number of hydrogen-bond donors (Lipinski definition) is 2. The zero-order valence-corrected chi connectivity index (χ0v) is 16.5. The number of carbonyl (C=O) groups is 2. The molecule has 0 unspecified atom stereocenters. The average Bonchev–Trinajstić information content (AvgIpc) is 2.67. The van der Waals surface area contributed by atoms with Gasteiger partial charge in [0.2, 0.25) is 0 Å². The van der Waals surface area contributed by atoms with Crippen molar-refractivity contribution in [3.63, 3.8) is 0 Å². The maximum absolute atomic E-state index is 9.10. The van der Waals surface area contributed by atoms with E-state index >= 15 is 0 Å². The number of fused-ring (bicyclic) bond motifs is 1. The molecule has 0 spiro atoms. The fourth-order valence-corrected chi connectivity index (χ4v) is 2.60. The standard InChI is InChI=1S/C20H21NO2.C2H2O4/c1-14-7-10-18(15(2)13-14)22-11-12-23-19-6-4-5-17-9-8-16(3)21-20(17)19;3-1(4)2(5)6/h4-10,13H,11-12H2,1-3H3;(H,3,4)(H,5,6). The van der Waals surface area contributed by atoms with E-state index in [1.807, 2.05) is 37.3 Å². The lowest BCUT2D eigenvalue weighted by Crippen LogP contribution is -2.10. The first-order valence-corrected chi connectivity index (χ1v) is 8.93. The van der Waals surface area contributed by atoms with Crippen LogP contribution in [0.1, 0.15) is 16.8 Å². The molecule has 0 aliphatic heterocycles. The van der Waals surface area contributed by atoms with Gasteiger partial charge in [-0.25, -0.2) is 14.6 Å². The van der Waals surface area contributed by atoms with Crippen LogP contribution < -0.4 is 9.47 Å². The Morgan fingerprint density at radius 2 is 1.52 bits per heavy atom. The van der Waals surface area contributed by atoms with Crippen LogP contribution in [0.3, 0.4) is 0 Å². The molecule has 1 heterocycles. The largest absolute Gasteiger partial charge is 0.490 e. The van der Waals surface area contributed by atoms with Crippen LogP contribution in [0.15, 0.2) is 48.5 Å². The highest BCUT2D eigenvalue weighted by Gasteiger charge is 2.05. The Labute approximate surface area is 168 Å². The van der Waals surface area contributed by atoms with Gasteiger partial charge in [-0.2, -0.15) is 0 Å². The quantitative estimate of drug-likeness (QED) is 0.498. The van der Waals surface area contributed by atoms with Crippen LogP contribution in [0, 0.1) is 20.8 Å². The molecule has 1 aromatic heterocycles. The molecule has 7 heteroatoms. The average molecular weight is 397 g/mol. The van der Waals surface area contributed by atoms with Crippen molar-refractivity contribution in [2.75, 3.05) is 13.2 Å². The minimum Gasteiger partial charge on any atom is -0.490 e. The van der Waals surface area contributed by atoms with Crippen molar-refractivity contribution in [1.29, 1.82) is 0 Å². The fourth-order valence-electron chi connectivity index (χ4n) is 2.60. The summed E-state index contributed by atoms with van der Waals surface area (Å²) in [5.74, 6) is -1.94. The van der Waals surface area contributed by atoms with Gasteiger partial charge in [0.05, 0.1) is 0 Å². The lowest BCUT2D eigenvalue weighted by molar-refractivity contribution is -0.159. The SMILES string of the molecule is Cc1ccc(OCCOc2cccc3ccc(C)nc23)c(C)c1.O=C(O)C(=O)O. The summed E-state index contributed by atoms with van der Waals surface area (Å²) in [5.41, 5.74) is 4.27. The number of hydrogen-bond acceptors (Lipinski definition) is 5. The number of carboxylic acids is 2. The maximum atomic E-state index is 9.10. The van der Waals surface area contributed by atoms with E-state index in [1.54, 1.807) is 0 Å². The molecule has 0 atom stereocenters. The molecule has 7 nitrogen and oxygen atoms in total. The van der Waals surface area contributed by atoms with Crippen molar-refractivity contribution in [1.82, 2.24) is 4.98 Å². The van der Waals surface area contributed by atoms with Crippen molar-refractivity contribution < 1.29 is 29.3 Å². The van der Waals surface area contributed by atoms with E-state index in [4.69, 9.17) is 29.3 Å². The van der Waals surface area contributed by atoms with Gasteiger partial charge >= 0.3 is 11.9 Å². The Hall–Kier alpha value is -3.61. The molecule has 2 N–H and O–H groups in total. The van der Waals surface area contributed by atoms with Crippen molar-refractivity contribution in [2.24, 2.45) is 0 Å². The Kier molecular flexibility index (Phi) is 7.54. The van der Waals surface area contributed by atoms with Gasteiger partial charge in [0.1, 0.15) is 30.2 Å². The van der Waals surface area contributed by atoms with E-state index in [0.717, 1.165) is 33.7 Å². The molecule has 29 heavy (non-hydrogen) atoms. The number of aliphatic carboxylic acids is 2. The molecule has 0 saturated heterocycles. The van der Waals surface area contributed by atoms with Gasteiger partial charge < -0.3 is 19.7 Å². The number of nitrogens with zero attached hydrogens (tertiary/aromatic N) is 1. The van der Waals surface area contributed by atoms with Gasteiger partial charge in [-0.1, -0.05) is 35.9 Å². The molecule has 2 aromatic carbocycles. The third kappa shape index (κ3) is 6.49. The number of aromatic nitrogens is 1. The van der Waals surface area contributed by atoms with Crippen LogP contribution >= 0.6 is 0 Å². The van der Waals surface area contributed by atoms with Gasteiger partial charge in [-0.05, 0) is 44.5 Å². The van der Waals surface area contributed by atoms with Crippen molar-refractivity contribution in [3.8, 4) is 11.5 Å². The first-order chi connectivity index (χ1) is 13.8. The molecular formula is C22H23NO6. The highest BCUT2D eigenvalue weighted by molar-refractivity contribution is 6.27. The molecule has 152 valence electrons. The summed E-state index contributed by atoms with van der Waals surface area (Å²) in [5, 5.41) is 15.9. The van der Waals surface area contributed by atoms with Gasteiger partial charge in [-0.15, -0.1) is 0 Å². The summed E-state index contributed by atoms with van der Waals surface area (Å²) in [7, 11) is 0. The van der Waals surface area contributed by atoms with Gasteiger partial charge in [0.25, 0.3) is 0 Å². The fraction of sp³-hybridized carbons (Fsp3) is 0.227. The molecule has 0 bridgehead atoms. The van der Waals surface area contributed by atoms with Crippen LogP contribution in [0.2, 0.25) is 0 Å². The Balaban J connectivity index is 0.000000438. The summed E-state index contributed by atoms with van der Waals surface area (Å²) >= 11 is 0. The Morgan fingerprint density at radius 1 is 0.862 bits per heavy atom. The zero-order chi connectivity index (χ0) is 21.4. The summed E-state index contributed by atoms with van der Waals surface area (Å²) in [6, 6.07) is 16.2. The predicted octanol–water partition coefficient (Wildman–Crippen LogP) is 3.77. The summed E-state index contributed by atoms with van der Waals surface area (Å²) < 4.78 is 11.7. The second-order valence-electron chi connectivity index (χ2n) is 6.36. The minimum atomic E-state index is -1.82. The molecule has 0 amide bonds. The molecular weight excluding hydrogens is 374 g/mol. The third-order valence-corrected chi connectivity index (χ3v) is 3.93. The topological polar surface area (TPSA) is 106 Å². The van der Waals surface area contributed by atoms with Crippen molar-refractivity contribution in [3.05, 3.63) is 65.4 Å². The van der Waals surface area contributed by atoms with Gasteiger partial charge in [-0.3, -0.25) is 0 Å². The molecule has 0 radical (unpaired) electrons. The van der Waals surface area contributed by atoms with Crippen molar-refractivity contribution >= 4 is 22.8 Å². The number of carboxylic acid groups (broad SMARTS) is 2. The summed E-state index contributed by atoms with van der Waals surface area (Å²) in [6.07, 6.45) is 0. The van der Waals surface area contributed by atoms with Crippen LogP contribution in [-0.4, -0.2) is 40.3 Å². The first kappa shape index (κ1) is 21.7. The molecule has 0 aliphatic rings. The number of rotatable bonds is 5. The van der Waals surface area contributed by atoms with Gasteiger partial charge in [0.15, 0.2) is 0 Å². The second kappa shape index (κ2) is 10.1. The zero-order valence-electron chi connectivity index (χ0n) is 16.5. The Morgan fingerprint density at radius 3 is 2.14 bits per heavy atom. The smallest absolute Gasteiger partial charge is 0.414 e. The highest BCUT2D eigenvalue weighted by atomic mass is 16.5. The summed E-state index contributed by atoms with van der Waals surface area (Å²) in [4.78, 5) is 22.8. The number of para-hydroxylation sites is 1. The molecule has 0 fully saturated rings. The first-order valence-electron chi connectivity index (χ1n) is 8.93. The van der Waals surface area contributed by atoms with E-state index in [9.17, 15) is 0 Å². The molecule has 0 saturated carbocycles. The van der Waals surface area contributed by atoms with Crippen LogP contribution in [0.4, 0.5) is 0 Å². The predicted molar refractivity (Wildman–Crippen MR) is 109 cm³/mol. The van der Waals surface area contributed by atoms with Crippen LogP contribution in [0.25, 0.3) is 10.9 Å². The lowest BCUT2D eigenvalue weighted by Gasteiger charge is -2.12. The maximum Gasteiger partial charge on any atom is 0.414 e. The summed E-state index contributed by atoms with van der Waals surface area (Å²) in [6.45, 7) is 7.11. The number of ether oxygens (including phenoxy) is 2. The van der Waals surface area contributed by atoms with Crippen molar-refractivity contribution in [2.45, 2.75) is 20.8 Å². The normalized spacial score (nSPS) is 10.0. The lowest BCUT2D eigenvalue weighted by atomic mass is 10.1. The van der Waals surface area contributed by atoms with E-state index in [1.165, 1.54) is 5.56 Å². The Bertz CT molecular complexity index is 1000. The second-order valence-corrected chi connectivity index (χ2v) is 6.36. The molecule has 3 aromatic rings. The van der Waals surface area contributed by atoms with E-state index in [-0.39, 0.29) is 0 Å². The monoisotopic (exact) mass is 397 g/mol. The van der Waals surface area contributed by atoms with Crippen LogP contribution in [0.5, 0.6) is 11.5 Å². The highest BCUT2D eigenvalue weighted by Crippen LogP contribution is 2.24. The number of aryl methyl sites for hydroxylation is 3. The van der Waals surface area contributed by atoms with Crippen LogP contribution in [-0.2, 0) is 9.59 Å². The molecule has 0 aliphatic carbocycles.